The Kier molecular flexibility index (Phi) is 5.92. The fourth-order valence-electron chi connectivity index (χ4n) is 2.03. The van der Waals surface area contributed by atoms with Crippen molar-refractivity contribution in [1.82, 2.24) is 5.32 Å². The van der Waals surface area contributed by atoms with Gasteiger partial charge in [0, 0.05) is 23.2 Å². The number of ether oxygens (including phenoxy) is 1. The molecule has 0 bridgehead atoms. The molecule has 2 nitrogen and oxygen atoms in total. The van der Waals surface area contributed by atoms with Crippen LogP contribution in [-0.4, -0.2) is 6.04 Å². The van der Waals surface area contributed by atoms with E-state index in [2.05, 4.69) is 17.4 Å². The minimum atomic E-state index is 0. The normalized spacial score (nSPS) is 13.6. The number of hydrogen-bond acceptors (Lipinski definition) is 2. The SMILES string of the molecule is Clc1ccccc1COc1ccc(CNC2CC2)cc1.[Cl-]. The highest BCUT2D eigenvalue weighted by Gasteiger charge is 2.19. The van der Waals surface area contributed by atoms with E-state index in [4.69, 9.17) is 16.3 Å². The van der Waals surface area contributed by atoms with Crippen LogP contribution in [0.25, 0.3) is 0 Å². The van der Waals surface area contributed by atoms with Crippen LogP contribution in [0.15, 0.2) is 48.5 Å². The van der Waals surface area contributed by atoms with Gasteiger partial charge in [-0.15, -0.1) is 0 Å². The first-order valence-corrected chi connectivity index (χ1v) is 7.37. The van der Waals surface area contributed by atoms with Crippen LogP contribution < -0.4 is 22.5 Å². The molecule has 2 aromatic carbocycles. The summed E-state index contributed by atoms with van der Waals surface area (Å²) in [4.78, 5) is 0. The molecule has 21 heavy (non-hydrogen) atoms. The number of hydrogen-bond donors (Lipinski definition) is 1. The topological polar surface area (TPSA) is 21.3 Å². The molecule has 0 unspecified atom stereocenters. The second-order valence-electron chi connectivity index (χ2n) is 5.18. The van der Waals surface area contributed by atoms with E-state index in [9.17, 15) is 0 Å². The molecule has 1 aliphatic carbocycles. The van der Waals surface area contributed by atoms with E-state index in [1.165, 1.54) is 18.4 Å². The van der Waals surface area contributed by atoms with E-state index in [1.54, 1.807) is 0 Å². The third-order valence-corrected chi connectivity index (χ3v) is 3.82. The van der Waals surface area contributed by atoms with Crippen LogP contribution in [0.5, 0.6) is 5.75 Å². The zero-order valence-corrected chi connectivity index (χ0v) is 13.2. The van der Waals surface area contributed by atoms with Gasteiger partial charge in [0.2, 0.25) is 0 Å². The maximum atomic E-state index is 6.10. The smallest absolute Gasteiger partial charge is 0.119 e. The summed E-state index contributed by atoms with van der Waals surface area (Å²) in [7, 11) is 0. The maximum absolute atomic E-state index is 6.10. The second-order valence-corrected chi connectivity index (χ2v) is 5.59. The first-order chi connectivity index (χ1) is 9.81. The van der Waals surface area contributed by atoms with Crippen LogP contribution in [0.2, 0.25) is 5.02 Å². The Labute approximate surface area is 136 Å². The van der Waals surface area contributed by atoms with Gasteiger partial charge in [-0.2, -0.15) is 0 Å². The molecule has 112 valence electrons. The van der Waals surface area contributed by atoms with E-state index >= 15 is 0 Å². The Morgan fingerprint density at radius 2 is 1.76 bits per heavy atom. The number of nitrogens with one attached hydrogen (secondary N) is 1. The van der Waals surface area contributed by atoms with Crippen LogP contribution in [0.3, 0.4) is 0 Å². The third kappa shape index (κ3) is 4.92. The molecular weight excluding hydrogens is 305 g/mol. The first-order valence-electron chi connectivity index (χ1n) is 7.00. The molecule has 0 amide bonds. The van der Waals surface area contributed by atoms with Gasteiger partial charge in [-0.1, -0.05) is 41.9 Å². The number of benzene rings is 2. The van der Waals surface area contributed by atoms with Gasteiger partial charge in [0.25, 0.3) is 0 Å². The first kappa shape index (κ1) is 16.2. The predicted molar refractivity (Wildman–Crippen MR) is 82.1 cm³/mol. The molecule has 0 radical (unpaired) electrons. The van der Waals surface area contributed by atoms with Crippen LogP contribution in [0.4, 0.5) is 0 Å². The van der Waals surface area contributed by atoms with Crippen molar-refractivity contribution in [3.63, 3.8) is 0 Å². The lowest BCUT2D eigenvalue weighted by molar-refractivity contribution is -0.00000436. The van der Waals surface area contributed by atoms with Crippen molar-refractivity contribution in [3.05, 3.63) is 64.7 Å². The zero-order chi connectivity index (χ0) is 13.8. The van der Waals surface area contributed by atoms with Gasteiger partial charge in [0.15, 0.2) is 0 Å². The molecule has 0 atom stereocenters. The second kappa shape index (κ2) is 7.69. The van der Waals surface area contributed by atoms with Crippen molar-refractivity contribution in [3.8, 4) is 5.75 Å². The molecule has 1 fully saturated rings. The Morgan fingerprint density at radius 1 is 1.05 bits per heavy atom. The quantitative estimate of drug-likeness (QED) is 0.862. The molecule has 0 aliphatic heterocycles. The van der Waals surface area contributed by atoms with Crippen LogP contribution in [0, 0.1) is 0 Å². The Hall–Kier alpha value is -1.22. The van der Waals surface area contributed by atoms with Crippen LogP contribution >= 0.6 is 11.6 Å². The number of halogens is 2. The molecule has 0 saturated heterocycles. The van der Waals surface area contributed by atoms with Crippen molar-refractivity contribution >= 4 is 11.6 Å². The van der Waals surface area contributed by atoms with Gasteiger partial charge in [-0.05, 0) is 36.6 Å². The lowest BCUT2D eigenvalue weighted by Gasteiger charge is -2.09. The summed E-state index contributed by atoms with van der Waals surface area (Å²) in [5.41, 5.74) is 2.30. The predicted octanol–water partition coefficient (Wildman–Crippen LogP) is 1.17. The largest absolute Gasteiger partial charge is 1.00 e. The van der Waals surface area contributed by atoms with Crippen molar-refractivity contribution in [2.24, 2.45) is 0 Å². The third-order valence-electron chi connectivity index (χ3n) is 3.45. The fraction of sp³-hybridized carbons (Fsp3) is 0.294. The van der Waals surface area contributed by atoms with Crippen molar-refractivity contribution < 1.29 is 17.1 Å². The summed E-state index contributed by atoms with van der Waals surface area (Å²) >= 11 is 6.10. The average Bonchev–Trinajstić information content (AvgIpc) is 3.30. The highest BCUT2D eigenvalue weighted by atomic mass is 35.5. The maximum Gasteiger partial charge on any atom is 0.119 e. The summed E-state index contributed by atoms with van der Waals surface area (Å²) in [6.07, 6.45) is 2.64. The fourth-order valence-corrected chi connectivity index (χ4v) is 2.22. The molecule has 0 heterocycles. The van der Waals surface area contributed by atoms with Gasteiger partial charge >= 0.3 is 0 Å². The molecule has 3 rings (SSSR count). The lowest BCUT2D eigenvalue weighted by Crippen LogP contribution is -3.00. The Bertz CT molecular complexity index is 567. The van der Waals surface area contributed by atoms with Crippen LogP contribution in [0.1, 0.15) is 24.0 Å². The molecule has 2 aromatic rings. The minimum absolute atomic E-state index is 0. The van der Waals surface area contributed by atoms with Gasteiger partial charge in [0.05, 0.1) is 0 Å². The molecule has 4 heteroatoms. The summed E-state index contributed by atoms with van der Waals surface area (Å²) in [5.74, 6) is 0.875. The Morgan fingerprint density at radius 3 is 2.43 bits per heavy atom. The molecular formula is C17H18Cl2NO-. The molecule has 1 N–H and O–H groups in total. The van der Waals surface area contributed by atoms with Gasteiger partial charge in [0.1, 0.15) is 12.4 Å². The van der Waals surface area contributed by atoms with Crippen molar-refractivity contribution in [2.75, 3.05) is 0 Å². The van der Waals surface area contributed by atoms with Gasteiger partial charge in [-0.25, -0.2) is 0 Å². The van der Waals surface area contributed by atoms with Gasteiger partial charge in [-0.3, -0.25) is 0 Å². The zero-order valence-electron chi connectivity index (χ0n) is 11.7. The summed E-state index contributed by atoms with van der Waals surface area (Å²) in [6.45, 7) is 1.44. The average molecular weight is 323 g/mol. The highest BCUT2D eigenvalue weighted by Crippen LogP contribution is 2.21. The summed E-state index contributed by atoms with van der Waals surface area (Å²) in [6, 6.07) is 16.7. The molecule has 1 saturated carbocycles. The monoisotopic (exact) mass is 322 g/mol. The van der Waals surface area contributed by atoms with Gasteiger partial charge < -0.3 is 22.5 Å². The molecule has 0 aromatic heterocycles. The Balaban J connectivity index is 0.00000161. The minimum Gasteiger partial charge on any atom is -1.00 e. The lowest BCUT2D eigenvalue weighted by atomic mass is 10.2. The standard InChI is InChI=1S/C17H18ClNO.ClH/c18-17-4-2-1-3-14(17)12-20-16-9-5-13(6-10-16)11-19-15-7-8-15;/h1-6,9-10,15,19H,7-8,11-12H2;1H/p-1. The van der Waals surface area contributed by atoms with Crippen molar-refractivity contribution in [2.45, 2.75) is 32.0 Å². The van der Waals surface area contributed by atoms with E-state index in [0.717, 1.165) is 28.9 Å². The van der Waals surface area contributed by atoms with E-state index in [-0.39, 0.29) is 12.4 Å². The van der Waals surface area contributed by atoms with E-state index in [1.807, 2.05) is 36.4 Å². The van der Waals surface area contributed by atoms with Crippen molar-refractivity contribution in [1.29, 1.82) is 0 Å². The molecule has 1 aliphatic rings. The summed E-state index contributed by atoms with van der Waals surface area (Å²) in [5, 5.41) is 4.25. The molecule has 0 spiro atoms. The van der Waals surface area contributed by atoms with E-state index in [0.29, 0.717) is 6.61 Å². The van der Waals surface area contributed by atoms with E-state index < -0.39 is 0 Å². The highest BCUT2D eigenvalue weighted by molar-refractivity contribution is 6.31. The summed E-state index contributed by atoms with van der Waals surface area (Å²) < 4.78 is 5.76. The number of rotatable bonds is 6. The van der Waals surface area contributed by atoms with Crippen LogP contribution in [-0.2, 0) is 13.2 Å².